The van der Waals surface area contributed by atoms with Crippen LogP contribution in [0.15, 0.2) is 24.3 Å². The Bertz CT molecular complexity index is 549. The zero-order chi connectivity index (χ0) is 16.4. The number of halogens is 1. The summed E-state index contributed by atoms with van der Waals surface area (Å²) in [6.45, 7) is 0.724. The fourth-order valence-corrected chi connectivity index (χ4v) is 3.58. The van der Waals surface area contributed by atoms with Crippen LogP contribution >= 0.6 is 11.6 Å². The number of carbonyl (C=O) groups excluding carboxylic acids is 1. The lowest BCUT2D eigenvalue weighted by Crippen LogP contribution is -2.48. The van der Waals surface area contributed by atoms with Crippen molar-refractivity contribution in [1.82, 2.24) is 15.5 Å². The van der Waals surface area contributed by atoms with Gasteiger partial charge < -0.3 is 20.3 Å². The summed E-state index contributed by atoms with van der Waals surface area (Å²) in [4.78, 5) is 14.4. The highest BCUT2D eigenvalue weighted by molar-refractivity contribution is 6.30. The van der Waals surface area contributed by atoms with Crippen molar-refractivity contribution in [2.24, 2.45) is 0 Å². The fraction of sp³-hybridized carbons (Fsp3) is 0.588. The van der Waals surface area contributed by atoms with Gasteiger partial charge in [0.25, 0.3) is 0 Å². The van der Waals surface area contributed by atoms with Crippen molar-refractivity contribution < 1.29 is 9.53 Å². The van der Waals surface area contributed by atoms with E-state index in [0.717, 1.165) is 31.4 Å². The number of hydrogen-bond donors (Lipinski definition) is 2. The van der Waals surface area contributed by atoms with Gasteiger partial charge in [-0.3, -0.25) is 0 Å². The van der Waals surface area contributed by atoms with E-state index < -0.39 is 0 Å². The summed E-state index contributed by atoms with van der Waals surface area (Å²) in [5.74, 6) is 0. The second-order valence-electron chi connectivity index (χ2n) is 6.70. The predicted molar refractivity (Wildman–Crippen MR) is 90.7 cm³/mol. The van der Waals surface area contributed by atoms with E-state index in [-0.39, 0.29) is 24.2 Å². The highest BCUT2D eigenvalue weighted by atomic mass is 35.5. The molecule has 0 spiro atoms. The van der Waals surface area contributed by atoms with E-state index in [1.165, 1.54) is 0 Å². The van der Waals surface area contributed by atoms with E-state index >= 15 is 0 Å². The van der Waals surface area contributed by atoms with Gasteiger partial charge in [-0.05, 0) is 51.1 Å². The average molecular weight is 338 g/mol. The number of carbonyl (C=O) groups is 1. The number of ether oxygens (including phenoxy) is 1. The molecule has 6 heteroatoms. The largest absolute Gasteiger partial charge is 0.373 e. The van der Waals surface area contributed by atoms with Crippen molar-refractivity contribution in [1.29, 1.82) is 0 Å². The summed E-state index contributed by atoms with van der Waals surface area (Å²) < 4.78 is 5.79. The van der Waals surface area contributed by atoms with Crippen molar-refractivity contribution in [3.63, 3.8) is 0 Å². The molecule has 2 heterocycles. The number of nitrogens with one attached hydrogen (secondary N) is 2. The van der Waals surface area contributed by atoms with Gasteiger partial charge >= 0.3 is 6.03 Å². The third kappa shape index (κ3) is 4.16. The summed E-state index contributed by atoms with van der Waals surface area (Å²) in [5, 5.41) is 6.85. The normalized spacial score (nSPS) is 27.2. The number of benzene rings is 1. The fourth-order valence-electron chi connectivity index (χ4n) is 3.45. The Kier molecular flexibility index (Phi) is 5.09. The number of likely N-dealkylation sites (N-methyl/N-ethyl adjacent to an activating group) is 1. The van der Waals surface area contributed by atoms with Gasteiger partial charge in [-0.1, -0.05) is 23.7 Å². The third-order valence-electron chi connectivity index (χ3n) is 4.55. The molecular formula is C17H24ClN3O2. The molecule has 2 bridgehead atoms. The second-order valence-corrected chi connectivity index (χ2v) is 7.14. The van der Waals surface area contributed by atoms with Crippen LogP contribution in [0, 0.1) is 0 Å². The standard InChI is InChI=1S/C17H24ClN3O2/c1-21(2)10-15(11-3-5-12(18)6-4-11)20-17(22)19-14-9-13-7-8-16(14)23-13/h3-6,13-16H,7-10H2,1-2H3,(H2,19,20,22)/t13-,14+,15-,16-/m1/s1. The Morgan fingerprint density at radius 1 is 1.35 bits per heavy atom. The van der Waals surface area contributed by atoms with Gasteiger partial charge in [0, 0.05) is 11.6 Å². The monoisotopic (exact) mass is 337 g/mol. The first kappa shape index (κ1) is 16.6. The molecule has 2 N–H and O–H groups in total. The van der Waals surface area contributed by atoms with Gasteiger partial charge in [0.05, 0.1) is 24.3 Å². The van der Waals surface area contributed by atoms with Gasteiger partial charge in [-0.15, -0.1) is 0 Å². The first-order valence-corrected chi connectivity index (χ1v) is 8.52. The number of rotatable bonds is 5. The first-order valence-electron chi connectivity index (χ1n) is 8.14. The van der Waals surface area contributed by atoms with Gasteiger partial charge in [-0.2, -0.15) is 0 Å². The Morgan fingerprint density at radius 3 is 2.65 bits per heavy atom. The molecular weight excluding hydrogens is 314 g/mol. The first-order chi connectivity index (χ1) is 11.0. The van der Waals surface area contributed by atoms with Gasteiger partial charge in [0.15, 0.2) is 0 Å². The van der Waals surface area contributed by atoms with E-state index in [2.05, 4.69) is 15.5 Å². The minimum atomic E-state index is -0.132. The molecule has 0 unspecified atom stereocenters. The molecule has 3 rings (SSSR count). The predicted octanol–water partition coefficient (Wildman–Crippen LogP) is 2.56. The van der Waals surface area contributed by atoms with Gasteiger partial charge in [0.2, 0.25) is 0 Å². The lowest BCUT2D eigenvalue weighted by Gasteiger charge is -2.25. The molecule has 4 atom stereocenters. The number of hydrogen-bond acceptors (Lipinski definition) is 3. The molecule has 2 amide bonds. The lowest BCUT2D eigenvalue weighted by atomic mass is 9.96. The molecule has 2 aliphatic rings. The van der Waals surface area contributed by atoms with Crippen molar-refractivity contribution in [3.05, 3.63) is 34.9 Å². The van der Waals surface area contributed by atoms with Crippen LogP contribution in [-0.2, 0) is 4.74 Å². The number of nitrogens with zero attached hydrogens (tertiary/aromatic N) is 1. The van der Waals surface area contributed by atoms with E-state index in [4.69, 9.17) is 16.3 Å². The van der Waals surface area contributed by atoms with Crippen LogP contribution in [0.2, 0.25) is 5.02 Å². The van der Waals surface area contributed by atoms with E-state index in [1.54, 1.807) is 0 Å². The van der Waals surface area contributed by atoms with Gasteiger partial charge in [0.1, 0.15) is 0 Å². The molecule has 5 nitrogen and oxygen atoms in total. The molecule has 0 saturated carbocycles. The summed E-state index contributed by atoms with van der Waals surface area (Å²) in [6, 6.07) is 7.54. The SMILES string of the molecule is CN(C)C[C@@H](NC(=O)N[C@H]1C[C@H]2CC[C@H]1O2)c1ccc(Cl)cc1. The summed E-state index contributed by atoms with van der Waals surface area (Å²) >= 11 is 5.95. The third-order valence-corrected chi connectivity index (χ3v) is 4.80. The maximum atomic E-state index is 12.4. The van der Waals surface area contributed by atoms with E-state index in [0.29, 0.717) is 11.1 Å². The lowest BCUT2D eigenvalue weighted by molar-refractivity contribution is 0.0980. The van der Waals surface area contributed by atoms with Crippen LogP contribution in [0.1, 0.15) is 30.9 Å². The van der Waals surface area contributed by atoms with Crippen LogP contribution in [-0.4, -0.2) is 49.8 Å². The zero-order valence-electron chi connectivity index (χ0n) is 13.6. The Labute approximate surface area is 142 Å². The summed E-state index contributed by atoms with van der Waals surface area (Å²) in [7, 11) is 3.98. The highest BCUT2D eigenvalue weighted by Crippen LogP contribution is 2.34. The van der Waals surface area contributed by atoms with E-state index in [9.17, 15) is 4.79 Å². The molecule has 0 aliphatic carbocycles. The molecule has 2 saturated heterocycles. The van der Waals surface area contributed by atoms with Crippen molar-refractivity contribution >= 4 is 17.6 Å². The van der Waals surface area contributed by atoms with Crippen LogP contribution in [0.4, 0.5) is 4.79 Å². The topological polar surface area (TPSA) is 53.6 Å². The van der Waals surface area contributed by atoms with Crippen LogP contribution in [0.5, 0.6) is 0 Å². The molecule has 0 aromatic heterocycles. The number of fused-ring (bicyclic) bond motifs is 2. The average Bonchev–Trinajstić information content (AvgIpc) is 3.09. The molecule has 23 heavy (non-hydrogen) atoms. The quantitative estimate of drug-likeness (QED) is 0.868. The molecule has 1 aromatic carbocycles. The summed E-state index contributed by atoms with van der Waals surface area (Å²) in [5.41, 5.74) is 1.04. The minimum Gasteiger partial charge on any atom is -0.373 e. The molecule has 126 valence electrons. The Balaban J connectivity index is 1.61. The maximum absolute atomic E-state index is 12.4. The van der Waals surface area contributed by atoms with Crippen LogP contribution < -0.4 is 10.6 Å². The van der Waals surface area contributed by atoms with Crippen LogP contribution in [0.25, 0.3) is 0 Å². The number of amides is 2. The van der Waals surface area contributed by atoms with Crippen molar-refractivity contribution in [2.75, 3.05) is 20.6 Å². The zero-order valence-corrected chi connectivity index (χ0v) is 14.3. The minimum absolute atomic E-state index is 0.0817. The van der Waals surface area contributed by atoms with Gasteiger partial charge in [-0.25, -0.2) is 4.79 Å². The smallest absolute Gasteiger partial charge is 0.315 e. The Morgan fingerprint density at radius 2 is 2.09 bits per heavy atom. The Hall–Kier alpha value is -1.30. The molecule has 2 aliphatic heterocycles. The number of urea groups is 1. The molecule has 0 radical (unpaired) electrons. The maximum Gasteiger partial charge on any atom is 0.315 e. The van der Waals surface area contributed by atoms with E-state index in [1.807, 2.05) is 38.4 Å². The molecule has 1 aromatic rings. The van der Waals surface area contributed by atoms with Crippen LogP contribution in [0.3, 0.4) is 0 Å². The van der Waals surface area contributed by atoms with Crippen molar-refractivity contribution in [2.45, 2.75) is 43.6 Å². The van der Waals surface area contributed by atoms with Crippen molar-refractivity contribution in [3.8, 4) is 0 Å². The molecule has 2 fully saturated rings. The second kappa shape index (κ2) is 7.07. The highest BCUT2D eigenvalue weighted by Gasteiger charge is 2.41. The summed E-state index contributed by atoms with van der Waals surface area (Å²) in [6.07, 6.45) is 3.62.